The number of nitrogens with one attached hydrogen (secondary N) is 5. The van der Waals surface area contributed by atoms with Crippen molar-refractivity contribution in [3.8, 4) is 0 Å². The average Bonchev–Trinajstić information content (AvgIpc) is 3.67. The van der Waals surface area contributed by atoms with E-state index in [-0.39, 0.29) is 50.5 Å². The van der Waals surface area contributed by atoms with E-state index in [1.165, 1.54) is 14.2 Å². The molecule has 0 saturated carbocycles. The first kappa shape index (κ1) is 31.2. The van der Waals surface area contributed by atoms with Gasteiger partial charge in [0, 0.05) is 53.6 Å². The van der Waals surface area contributed by atoms with Gasteiger partial charge in [-0.3, -0.25) is 0 Å². The number of anilines is 3. The SMILES string of the molecule is COC(=O)[C@H](Cc1c[nH]c2ccccc12)Nc1nc(NCCOCCO)nc(N[C@@H](Cc2c[nH]c3ccccc23)C(=O)OC)n1. The Hall–Kier alpha value is -5.21. The summed E-state index contributed by atoms with van der Waals surface area (Å²) < 4.78 is 15.5. The molecule has 0 amide bonds. The lowest BCUT2D eigenvalue weighted by atomic mass is 10.1. The Morgan fingerprint density at radius 3 is 1.73 bits per heavy atom. The number of aliphatic hydroxyl groups excluding tert-OH is 1. The van der Waals surface area contributed by atoms with E-state index < -0.39 is 24.0 Å². The Kier molecular flexibility index (Phi) is 10.4. The molecule has 5 rings (SSSR count). The van der Waals surface area contributed by atoms with Crippen LogP contribution in [0.5, 0.6) is 0 Å². The van der Waals surface area contributed by atoms with Crippen LogP contribution < -0.4 is 16.0 Å². The Balaban J connectivity index is 1.42. The molecule has 0 aliphatic heterocycles. The first-order chi connectivity index (χ1) is 22.0. The minimum atomic E-state index is -0.840. The number of nitrogens with zero attached hydrogens (tertiary/aromatic N) is 3. The molecule has 3 aromatic heterocycles. The van der Waals surface area contributed by atoms with Gasteiger partial charge in [-0.25, -0.2) is 9.59 Å². The Bertz CT molecular complexity index is 1620. The predicted octanol–water partition coefficient (Wildman–Crippen LogP) is 2.65. The van der Waals surface area contributed by atoms with Gasteiger partial charge in [-0.15, -0.1) is 0 Å². The maximum atomic E-state index is 12.9. The second kappa shape index (κ2) is 15.0. The number of aromatic nitrogens is 5. The van der Waals surface area contributed by atoms with Crippen molar-refractivity contribution < 1.29 is 28.9 Å². The van der Waals surface area contributed by atoms with E-state index in [1.807, 2.05) is 60.9 Å². The number of para-hydroxylation sites is 2. The van der Waals surface area contributed by atoms with Crippen molar-refractivity contribution in [3.05, 3.63) is 72.1 Å². The monoisotopic (exact) mass is 616 g/mol. The predicted molar refractivity (Wildman–Crippen MR) is 169 cm³/mol. The fourth-order valence-corrected chi connectivity index (χ4v) is 5.01. The first-order valence-corrected chi connectivity index (χ1v) is 14.5. The highest BCUT2D eigenvalue weighted by Gasteiger charge is 2.25. The van der Waals surface area contributed by atoms with E-state index in [4.69, 9.17) is 19.3 Å². The third kappa shape index (κ3) is 7.85. The van der Waals surface area contributed by atoms with E-state index in [9.17, 15) is 9.59 Å². The molecule has 0 fully saturated rings. The summed E-state index contributed by atoms with van der Waals surface area (Å²) in [5.41, 5.74) is 3.71. The molecule has 45 heavy (non-hydrogen) atoms. The van der Waals surface area contributed by atoms with E-state index in [0.29, 0.717) is 6.54 Å². The van der Waals surface area contributed by atoms with Crippen molar-refractivity contribution in [2.75, 3.05) is 56.5 Å². The van der Waals surface area contributed by atoms with Crippen molar-refractivity contribution in [3.63, 3.8) is 0 Å². The van der Waals surface area contributed by atoms with Crippen LogP contribution >= 0.6 is 0 Å². The van der Waals surface area contributed by atoms with Crippen molar-refractivity contribution in [2.24, 2.45) is 0 Å². The molecule has 0 aliphatic carbocycles. The third-order valence-electron chi connectivity index (χ3n) is 7.18. The summed E-state index contributed by atoms with van der Waals surface area (Å²) in [4.78, 5) is 45.7. The maximum absolute atomic E-state index is 12.9. The molecule has 5 aromatic rings. The zero-order chi connectivity index (χ0) is 31.6. The number of methoxy groups -OCH3 is 2. The van der Waals surface area contributed by atoms with Crippen LogP contribution in [0.15, 0.2) is 60.9 Å². The van der Waals surface area contributed by atoms with Gasteiger partial charge in [-0.05, 0) is 23.3 Å². The van der Waals surface area contributed by atoms with Crippen LogP contribution in [-0.2, 0) is 36.6 Å². The number of hydrogen-bond donors (Lipinski definition) is 6. The number of rotatable bonds is 16. The van der Waals surface area contributed by atoms with E-state index >= 15 is 0 Å². The number of fused-ring (bicyclic) bond motifs is 2. The molecule has 2 aromatic carbocycles. The zero-order valence-corrected chi connectivity index (χ0v) is 25.0. The number of ether oxygens (including phenoxy) is 3. The van der Waals surface area contributed by atoms with Gasteiger partial charge >= 0.3 is 11.9 Å². The zero-order valence-electron chi connectivity index (χ0n) is 25.0. The number of esters is 2. The largest absolute Gasteiger partial charge is 0.467 e. The average molecular weight is 617 g/mol. The smallest absolute Gasteiger partial charge is 0.328 e. The molecule has 236 valence electrons. The summed E-state index contributed by atoms with van der Waals surface area (Å²) in [7, 11) is 2.63. The van der Waals surface area contributed by atoms with Crippen LogP contribution in [0.1, 0.15) is 11.1 Å². The number of carbonyl (C=O) groups excluding carboxylic acids is 2. The van der Waals surface area contributed by atoms with Crippen molar-refractivity contribution >= 4 is 51.6 Å². The summed E-state index contributed by atoms with van der Waals surface area (Å²) in [6.07, 6.45) is 4.28. The lowest BCUT2D eigenvalue weighted by Gasteiger charge is -2.19. The van der Waals surface area contributed by atoms with Crippen molar-refractivity contribution in [1.29, 1.82) is 0 Å². The van der Waals surface area contributed by atoms with Crippen LogP contribution in [0.4, 0.5) is 17.8 Å². The second-order valence-corrected chi connectivity index (χ2v) is 10.1. The second-order valence-electron chi connectivity index (χ2n) is 10.1. The normalized spacial score (nSPS) is 12.5. The number of benzene rings is 2. The maximum Gasteiger partial charge on any atom is 0.328 e. The molecular formula is C31H36N8O6. The van der Waals surface area contributed by atoms with Gasteiger partial charge in [0.15, 0.2) is 0 Å². The van der Waals surface area contributed by atoms with Gasteiger partial charge in [-0.2, -0.15) is 15.0 Å². The highest BCUT2D eigenvalue weighted by Crippen LogP contribution is 2.23. The topological polar surface area (TPSA) is 188 Å². The molecule has 3 heterocycles. The summed E-state index contributed by atoms with van der Waals surface area (Å²) in [6, 6.07) is 13.9. The molecule has 6 N–H and O–H groups in total. The molecule has 14 nitrogen and oxygen atoms in total. The highest BCUT2D eigenvalue weighted by molar-refractivity contribution is 5.86. The van der Waals surface area contributed by atoms with Crippen molar-refractivity contribution in [2.45, 2.75) is 24.9 Å². The highest BCUT2D eigenvalue weighted by atomic mass is 16.5. The fraction of sp³-hybridized carbons (Fsp3) is 0.323. The number of aliphatic hydroxyl groups is 1. The van der Waals surface area contributed by atoms with Gasteiger partial charge in [0.05, 0.1) is 34.0 Å². The van der Waals surface area contributed by atoms with Crippen molar-refractivity contribution in [1.82, 2.24) is 24.9 Å². The Morgan fingerprint density at radius 1 is 0.756 bits per heavy atom. The summed E-state index contributed by atoms with van der Waals surface area (Å²) >= 11 is 0. The minimum Gasteiger partial charge on any atom is -0.467 e. The van der Waals surface area contributed by atoms with Gasteiger partial charge in [-0.1, -0.05) is 36.4 Å². The Morgan fingerprint density at radius 2 is 1.24 bits per heavy atom. The first-order valence-electron chi connectivity index (χ1n) is 14.5. The molecule has 14 heteroatoms. The molecule has 0 radical (unpaired) electrons. The van der Waals surface area contributed by atoms with Crippen LogP contribution in [0.2, 0.25) is 0 Å². The Labute approximate surface area is 258 Å². The number of hydrogen-bond acceptors (Lipinski definition) is 12. The molecule has 0 spiro atoms. The molecule has 0 unspecified atom stereocenters. The van der Waals surface area contributed by atoms with E-state index in [0.717, 1.165) is 32.9 Å². The standard InChI is InChI=1S/C31H36N8O6/c1-43-27(41)25(15-19-17-33-23-9-5-3-7-21(19)23)35-30-37-29(32-11-13-45-14-12-40)38-31(39-30)36-26(28(42)44-2)16-20-18-34-24-10-6-4-8-22(20)24/h3-10,17-18,25-26,33-34,40H,11-16H2,1-2H3,(H3,32,35,36,37,38,39)/t25-,26-/m0/s1. The van der Waals surface area contributed by atoms with Gasteiger partial charge in [0.1, 0.15) is 12.1 Å². The van der Waals surface area contributed by atoms with Crippen LogP contribution in [-0.4, -0.2) is 94.6 Å². The lowest BCUT2D eigenvalue weighted by Crippen LogP contribution is -2.35. The van der Waals surface area contributed by atoms with Gasteiger partial charge < -0.3 is 45.2 Å². The van der Waals surface area contributed by atoms with Crippen LogP contribution in [0.25, 0.3) is 21.8 Å². The number of H-pyrrole nitrogens is 2. The molecule has 0 aliphatic rings. The van der Waals surface area contributed by atoms with E-state index in [2.05, 4.69) is 40.9 Å². The number of aromatic amines is 2. The lowest BCUT2D eigenvalue weighted by molar-refractivity contribution is -0.142. The fourth-order valence-electron chi connectivity index (χ4n) is 5.01. The van der Waals surface area contributed by atoms with Crippen LogP contribution in [0, 0.1) is 0 Å². The van der Waals surface area contributed by atoms with Gasteiger partial charge in [0.2, 0.25) is 17.8 Å². The summed E-state index contributed by atoms with van der Waals surface area (Å²) in [6.45, 7) is 0.718. The molecular weight excluding hydrogens is 580 g/mol. The van der Waals surface area contributed by atoms with Gasteiger partial charge in [0.25, 0.3) is 0 Å². The third-order valence-corrected chi connectivity index (χ3v) is 7.18. The molecule has 0 saturated heterocycles. The van der Waals surface area contributed by atoms with Crippen LogP contribution in [0.3, 0.4) is 0 Å². The minimum absolute atomic E-state index is 0.0808. The molecule has 0 bridgehead atoms. The molecule has 2 atom stereocenters. The number of carbonyl (C=O) groups is 2. The summed E-state index contributed by atoms with van der Waals surface area (Å²) in [5.74, 6) is -0.675. The van der Waals surface area contributed by atoms with E-state index in [1.54, 1.807) is 0 Å². The summed E-state index contributed by atoms with van der Waals surface area (Å²) in [5, 5.41) is 20.2. The quantitative estimate of drug-likeness (QED) is 0.0704.